The fourth-order valence-corrected chi connectivity index (χ4v) is 5.29. The van der Waals surface area contributed by atoms with E-state index in [0.29, 0.717) is 23.7 Å². The zero-order valence-corrected chi connectivity index (χ0v) is 19.3. The number of anilines is 1. The van der Waals surface area contributed by atoms with Crippen molar-refractivity contribution in [2.24, 2.45) is 5.92 Å². The molecule has 0 saturated heterocycles. The minimum atomic E-state index is -0.263. The van der Waals surface area contributed by atoms with E-state index < -0.39 is 0 Å². The van der Waals surface area contributed by atoms with Crippen LogP contribution >= 0.6 is 23.1 Å². The molecule has 1 fully saturated rings. The number of thioether (sulfide) groups is 1. The van der Waals surface area contributed by atoms with Crippen molar-refractivity contribution >= 4 is 45.7 Å². The number of fused-ring (bicyclic) bond motifs is 1. The largest absolute Gasteiger partial charge is 0.451 e. The minimum absolute atomic E-state index is 0.263. The molecular weight excluding hydrogens is 442 g/mol. The molecule has 1 saturated carbocycles. The summed E-state index contributed by atoms with van der Waals surface area (Å²) in [5.41, 5.74) is 3.32. The lowest BCUT2D eigenvalue weighted by Gasteiger charge is -2.08. The van der Waals surface area contributed by atoms with Crippen LogP contribution in [-0.4, -0.2) is 22.7 Å². The molecule has 2 aromatic carbocycles. The Morgan fingerprint density at radius 3 is 2.91 bits per heavy atom. The Kier molecular flexibility index (Phi) is 6.25. The number of aryl methyl sites for hydroxylation is 1. The topological polar surface area (TPSA) is 77.2 Å². The SMILES string of the molecule is Cc1nnc(SCc2c(C(=O)Nc3cccc(COCC4CC4)c3)oc3ccccc23)s1. The third-order valence-electron chi connectivity index (χ3n) is 5.26. The first kappa shape index (κ1) is 21.2. The first-order valence-corrected chi connectivity index (χ1v) is 12.4. The Morgan fingerprint density at radius 1 is 1.22 bits per heavy atom. The van der Waals surface area contributed by atoms with Crippen molar-refractivity contribution in [3.05, 3.63) is 70.4 Å². The monoisotopic (exact) mass is 465 g/mol. The average molecular weight is 466 g/mol. The van der Waals surface area contributed by atoms with E-state index in [2.05, 4.69) is 15.5 Å². The number of nitrogens with zero attached hydrogens (tertiary/aromatic N) is 2. The van der Waals surface area contributed by atoms with Crippen molar-refractivity contribution in [3.63, 3.8) is 0 Å². The van der Waals surface area contributed by atoms with Gasteiger partial charge >= 0.3 is 0 Å². The standard InChI is InChI=1S/C24H23N3O3S2/c1-15-26-27-24(32-15)31-14-20-19-7-2-3-8-21(19)30-22(20)23(28)25-18-6-4-5-17(11-18)13-29-12-16-9-10-16/h2-8,11,16H,9-10,12-14H2,1H3,(H,25,28). The van der Waals surface area contributed by atoms with Crippen LogP contribution < -0.4 is 5.32 Å². The molecule has 0 unspecified atom stereocenters. The first-order chi connectivity index (χ1) is 15.7. The van der Waals surface area contributed by atoms with Gasteiger partial charge in [-0.1, -0.05) is 53.4 Å². The molecule has 0 bridgehead atoms. The van der Waals surface area contributed by atoms with Crippen molar-refractivity contribution in [2.45, 2.75) is 36.5 Å². The number of amides is 1. The molecule has 0 spiro atoms. The predicted molar refractivity (Wildman–Crippen MR) is 127 cm³/mol. The zero-order chi connectivity index (χ0) is 21.9. The molecule has 0 atom stereocenters. The van der Waals surface area contributed by atoms with Crippen LogP contribution in [0, 0.1) is 12.8 Å². The van der Waals surface area contributed by atoms with Gasteiger partial charge in [-0.25, -0.2) is 0 Å². The summed E-state index contributed by atoms with van der Waals surface area (Å²) in [6.45, 7) is 3.29. The molecule has 0 radical (unpaired) electrons. The Labute approximate surface area is 194 Å². The van der Waals surface area contributed by atoms with E-state index in [-0.39, 0.29) is 5.91 Å². The second-order valence-electron chi connectivity index (χ2n) is 7.89. The molecule has 8 heteroatoms. The lowest BCUT2D eigenvalue weighted by Crippen LogP contribution is -2.13. The Balaban J connectivity index is 1.33. The summed E-state index contributed by atoms with van der Waals surface area (Å²) >= 11 is 3.10. The van der Waals surface area contributed by atoms with E-state index in [1.165, 1.54) is 12.8 Å². The summed E-state index contributed by atoms with van der Waals surface area (Å²) in [6, 6.07) is 15.5. The number of hydrogen-bond donors (Lipinski definition) is 1. The summed E-state index contributed by atoms with van der Waals surface area (Å²) in [5.74, 6) is 1.37. The molecule has 2 aromatic heterocycles. The molecule has 1 amide bonds. The van der Waals surface area contributed by atoms with Crippen LogP contribution in [0.25, 0.3) is 11.0 Å². The van der Waals surface area contributed by atoms with Crippen molar-refractivity contribution in [1.29, 1.82) is 0 Å². The smallest absolute Gasteiger partial charge is 0.291 e. The third-order valence-corrected chi connectivity index (χ3v) is 7.25. The molecule has 5 rings (SSSR count). The van der Waals surface area contributed by atoms with Gasteiger partial charge in [-0.3, -0.25) is 4.79 Å². The quantitative estimate of drug-likeness (QED) is 0.303. The number of furan rings is 1. The highest BCUT2D eigenvalue weighted by atomic mass is 32.2. The minimum Gasteiger partial charge on any atom is -0.451 e. The summed E-state index contributed by atoms with van der Waals surface area (Å²) in [4.78, 5) is 13.2. The van der Waals surface area contributed by atoms with Crippen LogP contribution in [0.3, 0.4) is 0 Å². The van der Waals surface area contributed by atoms with E-state index in [1.807, 2.05) is 55.5 Å². The molecule has 1 aliphatic rings. The van der Waals surface area contributed by atoms with Crippen molar-refractivity contribution in [2.75, 3.05) is 11.9 Å². The van der Waals surface area contributed by atoms with Crippen molar-refractivity contribution in [3.8, 4) is 0 Å². The third kappa shape index (κ3) is 5.03. The van der Waals surface area contributed by atoms with E-state index in [0.717, 1.165) is 44.1 Å². The Morgan fingerprint density at radius 2 is 2.09 bits per heavy atom. The van der Waals surface area contributed by atoms with Gasteiger partial charge in [0.05, 0.1) is 6.61 Å². The molecule has 1 aliphatic carbocycles. The van der Waals surface area contributed by atoms with Gasteiger partial charge in [0, 0.05) is 29.0 Å². The van der Waals surface area contributed by atoms with Gasteiger partial charge in [0.1, 0.15) is 10.6 Å². The number of nitrogens with one attached hydrogen (secondary N) is 1. The van der Waals surface area contributed by atoms with Crippen LogP contribution in [0.5, 0.6) is 0 Å². The van der Waals surface area contributed by atoms with Crippen LogP contribution in [0.1, 0.15) is 39.5 Å². The summed E-state index contributed by atoms with van der Waals surface area (Å²) < 4.78 is 12.6. The molecule has 1 N–H and O–H groups in total. The fraction of sp³-hybridized carbons (Fsp3) is 0.292. The molecule has 32 heavy (non-hydrogen) atoms. The highest BCUT2D eigenvalue weighted by Crippen LogP contribution is 2.33. The number of aromatic nitrogens is 2. The summed E-state index contributed by atoms with van der Waals surface area (Å²) in [7, 11) is 0. The average Bonchev–Trinajstić information content (AvgIpc) is 3.40. The number of hydrogen-bond acceptors (Lipinski definition) is 7. The lowest BCUT2D eigenvalue weighted by molar-refractivity contribution is 0.0997. The van der Waals surface area contributed by atoms with Crippen LogP contribution in [-0.2, 0) is 17.1 Å². The fourth-order valence-electron chi connectivity index (χ4n) is 3.45. The van der Waals surface area contributed by atoms with Gasteiger partial charge in [0.25, 0.3) is 5.91 Å². The maximum Gasteiger partial charge on any atom is 0.291 e. The summed E-state index contributed by atoms with van der Waals surface area (Å²) in [5, 5.41) is 13.1. The number of ether oxygens (including phenoxy) is 1. The molecular formula is C24H23N3O3S2. The highest BCUT2D eigenvalue weighted by molar-refractivity contribution is 8.00. The van der Waals surface area contributed by atoms with Crippen LogP contribution in [0.4, 0.5) is 5.69 Å². The Bertz CT molecular complexity index is 1250. The molecule has 0 aliphatic heterocycles. The maximum absolute atomic E-state index is 13.2. The van der Waals surface area contributed by atoms with Gasteiger partial charge in [0.15, 0.2) is 10.1 Å². The second kappa shape index (κ2) is 9.44. The van der Waals surface area contributed by atoms with E-state index in [4.69, 9.17) is 9.15 Å². The predicted octanol–water partition coefficient (Wildman–Crippen LogP) is 6.06. The first-order valence-electron chi connectivity index (χ1n) is 10.6. The van der Waals surface area contributed by atoms with Gasteiger partial charge in [-0.2, -0.15) is 0 Å². The number of benzene rings is 2. The van der Waals surface area contributed by atoms with E-state index in [1.54, 1.807) is 23.1 Å². The van der Waals surface area contributed by atoms with Crippen LogP contribution in [0.15, 0.2) is 57.3 Å². The molecule has 164 valence electrons. The number of para-hydroxylation sites is 1. The number of rotatable bonds is 9. The van der Waals surface area contributed by atoms with E-state index >= 15 is 0 Å². The van der Waals surface area contributed by atoms with E-state index in [9.17, 15) is 4.79 Å². The van der Waals surface area contributed by atoms with Crippen LogP contribution in [0.2, 0.25) is 0 Å². The normalized spacial score (nSPS) is 13.5. The van der Waals surface area contributed by atoms with Crippen molar-refractivity contribution < 1.29 is 13.9 Å². The maximum atomic E-state index is 13.2. The highest BCUT2D eigenvalue weighted by Gasteiger charge is 2.22. The summed E-state index contributed by atoms with van der Waals surface area (Å²) in [6.07, 6.45) is 2.54. The number of carbonyl (C=O) groups excluding carboxylic acids is 1. The van der Waals surface area contributed by atoms with Gasteiger partial charge in [-0.15, -0.1) is 10.2 Å². The molecule has 2 heterocycles. The lowest BCUT2D eigenvalue weighted by atomic mass is 10.1. The van der Waals surface area contributed by atoms with Gasteiger partial charge in [0.2, 0.25) is 0 Å². The number of carbonyl (C=O) groups is 1. The van der Waals surface area contributed by atoms with Gasteiger partial charge < -0.3 is 14.5 Å². The second-order valence-corrected chi connectivity index (χ2v) is 10.3. The Hall–Kier alpha value is -2.68. The van der Waals surface area contributed by atoms with Gasteiger partial charge in [-0.05, 0) is 49.4 Å². The zero-order valence-electron chi connectivity index (χ0n) is 17.7. The van der Waals surface area contributed by atoms with Crippen molar-refractivity contribution in [1.82, 2.24) is 10.2 Å². The molecule has 4 aromatic rings. The molecule has 6 nitrogen and oxygen atoms in total.